The monoisotopic (exact) mass is 192 g/mol. The van der Waals surface area contributed by atoms with Gasteiger partial charge in [-0.1, -0.05) is 23.8 Å². The van der Waals surface area contributed by atoms with E-state index < -0.39 is 0 Å². The molecule has 0 radical (unpaired) electrons. The van der Waals surface area contributed by atoms with Crippen LogP contribution in [0.4, 0.5) is 0 Å². The topological polar surface area (TPSA) is 52.0 Å². The molecule has 2 atom stereocenters. The molecule has 14 heavy (non-hydrogen) atoms. The van der Waals surface area contributed by atoms with E-state index in [-0.39, 0.29) is 12.1 Å². The normalized spacial score (nSPS) is 15.2. The van der Waals surface area contributed by atoms with E-state index in [9.17, 15) is 0 Å². The molecule has 1 aromatic carbocycles. The van der Waals surface area contributed by atoms with E-state index >= 15 is 0 Å². The molecule has 78 valence electrons. The van der Waals surface area contributed by atoms with Crippen LogP contribution in [0.3, 0.4) is 0 Å². The standard InChI is InChI=1S/C12H20N2/c1-8-4-5-9(2)11(6-8)12(14)7-10(3)13/h4-6,10,12H,7,13-14H2,1-3H3. The molecule has 2 heteroatoms. The first-order valence-corrected chi connectivity index (χ1v) is 5.09. The summed E-state index contributed by atoms with van der Waals surface area (Å²) in [5, 5.41) is 0. The average molecular weight is 192 g/mol. The van der Waals surface area contributed by atoms with Crippen LogP contribution in [-0.2, 0) is 0 Å². The molecule has 0 spiro atoms. The molecular weight excluding hydrogens is 172 g/mol. The summed E-state index contributed by atoms with van der Waals surface area (Å²) in [6, 6.07) is 6.60. The predicted molar refractivity (Wildman–Crippen MR) is 61.1 cm³/mol. The fourth-order valence-corrected chi connectivity index (χ4v) is 1.69. The number of nitrogens with two attached hydrogens (primary N) is 2. The summed E-state index contributed by atoms with van der Waals surface area (Å²) in [5.74, 6) is 0. The van der Waals surface area contributed by atoms with Crippen LogP contribution < -0.4 is 11.5 Å². The molecule has 1 rings (SSSR count). The molecule has 0 bridgehead atoms. The van der Waals surface area contributed by atoms with Crippen LogP contribution in [0.2, 0.25) is 0 Å². The Hall–Kier alpha value is -0.860. The zero-order valence-corrected chi connectivity index (χ0v) is 9.25. The van der Waals surface area contributed by atoms with Crippen LogP contribution >= 0.6 is 0 Å². The molecule has 0 saturated carbocycles. The molecule has 0 saturated heterocycles. The van der Waals surface area contributed by atoms with E-state index in [2.05, 4.69) is 32.0 Å². The minimum atomic E-state index is 0.0647. The quantitative estimate of drug-likeness (QED) is 0.770. The van der Waals surface area contributed by atoms with Gasteiger partial charge in [-0.3, -0.25) is 0 Å². The van der Waals surface area contributed by atoms with Crippen molar-refractivity contribution in [2.24, 2.45) is 11.5 Å². The largest absolute Gasteiger partial charge is 0.328 e. The van der Waals surface area contributed by atoms with Crippen molar-refractivity contribution in [3.05, 3.63) is 34.9 Å². The van der Waals surface area contributed by atoms with Crippen LogP contribution in [0, 0.1) is 13.8 Å². The lowest BCUT2D eigenvalue weighted by Gasteiger charge is -2.17. The molecule has 4 N–H and O–H groups in total. The third kappa shape index (κ3) is 2.82. The molecule has 0 aliphatic carbocycles. The molecule has 2 unspecified atom stereocenters. The van der Waals surface area contributed by atoms with Gasteiger partial charge in [0, 0.05) is 12.1 Å². The highest BCUT2D eigenvalue weighted by Crippen LogP contribution is 2.20. The van der Waals surface area contributed by atoms with Crippen molar-refractivity contribution in [2.75, 3.05) is 0 Å². The summed E-state index contributed by atoms with van der Waals surface area (Å²) < 4.78 is 0. The molecular formula is C12H20N2. The number of aryl methyl sites for hydroxylation is 2. The highest BCUT2D eigenvalue weighted by Gasteiger charge is 2.10. The van der Waals surface area contributed by atoms with Crippen molar-refractivity contribution in [2.45, 2.75) is 39.3 Å². The third-order valence-electron chi connectivity index (χ3n) is 2.46. The second kappa shape index (κ2) is 4.58. The van der Waals surface area contributed by atoms with Gasteiger partial charge in [0.2, 0.25) is 0 Å². The first-order valence-electron chi connectivity index (χ1n) is 5.09. The molecule has 0 aliphatic rings. The number of rotatable bonds is 3. The Bertz CT molecular complexity index is 305. The summed E-state index contributed by atoms with van der Waals surface area (Å²) in [4.78, 5) is 0. The van der Waals surface area contributed by atoms with Gasteiger partial charge in [-0.05, 0) is 38.3 Å². The van der Waals surface area contributed by atoms with Gasteiger partial charge in [0.25, 0.3) is 0 Å². The molecule has 0 aromatic heterocycles. The molecule has 0 heterocycles. The maximum atomic E-state index is 6.09. The molecule has 0 amide bonds. The fourth-order valence-electron chi connectivity index (χ4n) is 1.69. The van der Waals surface area contributed by atoms with E-state index in [0.717, 1.165) is 6.42 Å². The molecule has 0 aliphatic heterocycles. The maximum Gasteiger partial charge on any atom is 0.0312 e. The van der Waals surface area contributed by atoms with Crippen molar-refractivity contribution in [1.29, 1.82) is 0 Å². The van der Waals surface area contributed by atoms with E-state index in [0.29, 0.717) is 0 Å². The minimum Gasteiger partial charge on any atom is -0.328 e. The SMILES string of the molecule is Cc1ccc(C)c(C(N)CC(C)N)c1. The van der Waals surface area contributed by atoms with Crippen molar-refractivity contribution < 1.29 is 0 Å². The van der Waals surface area contributed by atoms with Gasteiger partial charge >= 0.3 is 0 Å². The third-order valence-corrected chi connectivity index (χ3v) is 2.46. The Balaban J connectivity index is 2.88. The predicted octanol–water partition coefficient (Wildman–Crippen LogP) is 2.04. The molecule has 0 fully saturated rings. The van der Waals surface area contributed by atoms with Gasteiger partial charge in [-0.2, -0.15) is 0 Å². The zero-order chi connectivity index (χ0) is 10.7. The van der Waals surface area contributed by atoms with Crippen molar-refractivity contribution >= 4 is 0 Å². The lowest BCUT2D eigenvalue weighted by Crippen LogP contribution is -2.23. The van der Waals surface area contributed by atoms with E-state index in [1.165, 1.54) is 16.7 Å². The van der Waals surface area contributed by atoms with E-state index in [4.69, 9.17) is 11.5 Å². The highest BCUT2D eigenvalue weighted by molar-refractivity contribution is 5.32. The summed E-state index contributed by atoms with van der Waals surface area (Å²) >= 11 is 0. The average Bonchev–Trinajstić information content (AvgIpc) is 2.08. The van der Waals surface area contributed by atoms with E-state index in [1.807, 2.05) is 6.92 Å². The van der Waals surface area contributed by atoms with Crippen LogP contribution in [0.1, 0.15) is 36.1 Å². The van der Waals surface area contributed by atoms with Crippen LogP contribution in [0.25, 0.3) is 0 Å². The smallest absolute Gasteiger partial charge is 0.0312 e. The van der Waals surface area contributed by atoms with Gasteiger partial charge in [0.15, 0.2) is 0 Å². The van der Waals surface area contributed by atoms with Crippen LogP contribution in [0.5, 0.6) is 0 Å². The number of hydrogen-bond acceptors (Lipinski definition) is 2. The van der Waals surface area contributed by atoms with Crippen molar-refractivity contribution in [3.63, 3.8) is 0 Å². The Morgan fingerprint density at radius 1 is 1.21 bits per heavy atom. The Morgan fingerprint density at radius 3 is 2.43 bits per heavy atom. The summed E-state index contributed by atoms with van der Waals surface area (Å²) in [7, 11) is 0. The first-order chi connectivity index (χ1) is 6.50. The van der Waals surface area contributed by atoms with Gasteiger partial charge in [0.05, 0.1) is 0 Å². The lowest BCUT2D eigenvalue weighted by atomic mass is 9.95. The van der Waals surface area contributed by atoms with Gasteiger partial charge in [-0.25, -0.2) is 0 Å². The molecule has 2 nitrogen and oxygen atoms in total. The summed E-state index contributed by atoms with van der Waals surface area (Å²) in [5.41, 5.74) is 15.6. The van der Waals surface area contributed by atoms with Crippen LogP contribution in [-0.4, -0.2) is 6.04 Å². The lowest BCUT2D eigenvalue weighted by molar-refractivity contribution is 0.566. The van der Waals surface area contributed by atoms with Crippen molar-refractivity contribution in [3.8, 4) is 0 Å². The summed E-state index contributed by atoms with van der Waals surface area (Å²) in [6.07, 6.45) is 0.838. The number of benzene rings is 1. The van der Waals surface area contributed by atoms with Gasteiger partial charge in [-0.15, -0.1) is 0 Å². The Morgan fingerprint density at radius 2 is 1.86 bits per heavy atom. The second-order valence-corrected chi connectivity index (χ2v) is 4.18. The fraction of sp³-hybridized carbons (Fsp3) is 0.500. The minimum absolute atomic E-state index is 0.0647. The summed E-state index contributed by atoms with van der Waals surface area (Å²) in [6.45, 7) is 6.17. The number of hydrogen-bond donors (Lipinski definition) is 2. The Kier molecular flexibility index (Phi) is 3.67. The maximum absolute atomic E-state index is 6.09. The molecule has 1 aromatic rings. The van der Waals surface area contributed by atoms with Gasteiger partial charge < -0.3 is 11.5 Å². The second-order valence-electron chi connectivity index (χ2n) is 4.18. The Labute approximate surface area is 86.3 Å². The van der Waals surface area contributed by atoms with E-state index in [1.54, 1.807) is 0 Å². The first kappa shape index (κ1) is 11.2. The van der Waals surface area contributed by atoms with Gasteiger partial charge in [0.1, 0.15) is 0 Å². The highest BCUT2D eigenvalue weighted by atomic mass is 14.7. The zero-order valence-electron chi connectivity index (χ0n) is 9.25. The van der Waals surface area contributed by atoms with Crippen molar-refractivity contribution in [1.82, 2.24) is 0 Å². The van der Waals surface area contributed by atoms with Crippen LogP contribution in [0.15, 0.2) is 18.2 Å².